The first-order valence-corrected chi connectivity index (χ1v) is 14.8. The third-order valence-electron chi connectivity index (χ3n) is 8.07. The smallest absolute Gasteiger partial charge is 0.320 e. The molecule has 11 heteroatoms. The number of morpholine rings is 1. The van der Waals surface area contributed by atoms with Gasteiger partial charge < -0.3 is 24.5 Å². The molecular weight excluding hydrogens is 550 g/mol. The number of nitro benzene ring substituents is 1. The molecule has 0 bridgehead atoms. The van der Waals surface area contributed by atoms with Crippen LogP contribution in [0.25, 0.3) is 11.1 Å². The van der Waals surface area contributed by atoms with Crippen LogP contribution in [0.2, 0.25) is 0 Å². The van der Waals surface area contributed by atoms with Gasteiger partial charge in [0.1, 0.15) is 5.69 Å². The number of urea groups is 1. The lowest BCUT2D eigenvalue weighted by Crippen LogP contribution is -2.49. The van der Waals surface area contributed by atoms with Gasteiger partial charge in [-0.15, -0.1) is 0 Å². The average molecular weight is 588 g/mol. The van der Waals surface area contributed by atoms with Crippen LogP contribution in [0.1, 0.15) is 49.3 Å². The van der Waals surface area contributed by atoms with Crippen molar-refractivity contribution in [2.45, 2.75) is 44.7 Å². The maximum Gasteiger partial charge on any atom is 0.320 e. The van der Waals surface area contributed by atoms with Crippen molar-refractivity contribution in [2.24, 2.45) is 0 Å². The Labute approximate surface area is 250 Å². The Morgan fingerprint density at radius 3 is 2.40 bits per heavy atom. The molecule has 0 saturated carbocycles. The third kappa shape index (κ3) is 7.47. The van der Waals surface area contributed by atoms with E-state index >= 15 is 0 Å². The normalized spacial score (nSPS) is 16.3. The molecule has 3 heterocycles. The quantitative estimate of drug-likeness (QED) is 0.256. The number of hydrogen-bond acceptors (Lipinski definition) is 7. The van der Waals surface area contributed by atoms with E-state index in [1.807, 2.05) is 36.4 Å². The number of amides is 2. The molecule has 1 atom stereocenters. The largest absolute Gasteiger partial charge is 0.481 e. The summed E-state index contributed by atoms with van der Waals surface area (Å²) in [7, 11) is 0. The minimum atomic E-state index is -1.03. The summed E-state index contributed by atoms with van der Waals surface area (Å²) in [6.07, 6.45) is 7.21. The molecule has 1 unspecified atom stereocenters. The summed E-state index contributed by atoms with van der Waals surface area (Å²) in [5.41, 5.74) is 3.60. The Hall–Kier alpha value is -4.51. The molecule has 2 fully saturated rings. The van der Waals surface area contributed by atoms with Crippen LogP contribution in [0.5, 0.6) is 0 Å². The van der Waals surface area contributed by atoms with E-state index in [4.69, 9.17) is 4.74 Å². The van der Waals surface area contributed by atoms with Crippen LogP contribution >= 0.6 is 0 Å². The summed E-state index contributed by atoms with van der Waals surface area (Å²) >= 11 is 0. The Balaban J connectivity index is 1.47. The minimum Gasteiger partial charge on any atom is -0.481 e. The third-order valence-corrected chi connectivity index (χ3v) is 8.07. The molecule has 2 aliphatic rings. The Morgan fingerprint density at radius 1 is 0.977 bits per heavy atom. The predicted molar refractivity (Wildman–Crippen MR) is 162 cm³/mol. The van der Waals surface area contributed by atoms with Crippen molar-refractivity contribution in [3.05, 3.63) is 88.2 Å². The number of ether oxygens (including phenoxy) is 1. The number of carbonyl (C=O) groups is 2. The number of rotatable bonds is 9. The molecule has 2 saturated heterocycles. The fourth-order valence-electron chi connectivity index (χ4n) is 5.87. The lowest BCUT2D eigenvalue weighted by molar-refractivity contribution is -0.384. The summed E-state index contributed by atoms with van der Waals surface area (Å²) in [6, 6.07) is 15.4. The zero-order valence-electron chi connectivity index (χ0n) is 24.1. The van der Waals surface area contributed by atoms with E-state index in [2.05, 4.69) is 9.88 Å². The van der Waals surface area contributed by atoms with Gasteiger partial charge >= 0.3 is 12.0 Å². The van der Waals surface area contributed by atoms with Crippen LogP contribution in [0.15, 0.2) is 67.0 Å². The van der Waals surface area contributed by atoms with E-state index in [1.54, 1.807) is 40.4 Å². The summed E-state index contributed by atoms with van der Waals surface area (Å²) in [6.45, 7) is 3.40. The number of hydrogen-bond donors (Lipinski definition) is 1. The molecule has 2 amide bonds. The Morgan fingerprint density at radius 2 is 1.72 bits per heavy atom. The topological polar surface area (TPSA) is 129 Å². The van der Waals surface area contributed by atoms with E-state index in [9.17, 15) is 24.8 Å². The van der Waals surface area contributed by atoms with Gasteiger partial charge in [0.15, 0.2) is 0 Å². The minimum absolute atomic E-state index is 0.0759. The number of pyridine rings is 1. The lowest BCUT2D eigenvalue weighted by atomic mass is 9.99. The van der Waals surface area contributed by atoms with Gasteiger partial charge in [-0.3, -0.25) is 19.9 Å². The molecule has 1 aromatic heterocycles. The van der Waals surface area contributed by atoms with Crippen LogP contribution in [0.4, 0.5) is 16.2 Å². The second kappa shape index (κ2) is 14.1. The van der Waals surface area contributed by atoms with E-state index in [-0.39, 0.29) is 29.6 Å². The zero-order chi connectivity index (χ0) is 30.2. The van der Waals surface area contributed by atoms with Crippen molar-refractivity contribution in [3.63, 3.8) is 0 Å². The number of aromatic nitrogens is 1. The number of aliphatic carboxylic acids is 1. The number of nitro groups is 1. The van der Waals surface area contributed by atoms with Gasteiger partial charge in [-0.25, -0.2) is 4.79 Å². The van der Waals surface area contributed by atoms with Gasteiger partial charge in [-0.2, -0.15) is 0 Å². The first-order chi connectivity index (χ1) is 20.9. The summed E-state index contributed by atoms with van der Waals surface area (Å²) in [5.74, 6) is -1.03. The van der Waals surface area contributed by atoms with Crippen molar-refractivity contribution in [1.29, 1.82) is 0 Å². The first-order valence-electron chi connectivity index (χ1n) is 14.8. The van der Waals surface area contributed by atoms with Crippen LogP contribution in [0.3, 0.4) is 0 Å². The fourth-order valence-corrected chi connectivity index (χ4v) is 5.87. The second-order valence-electron chi connectivity index (χ2n) is 11.0. The van der Waals surface area contributed by atoms with Gasteiger partial charge in [0, 0.05) is 51.2 Å². The fraction of sp³-hybridized carbons (Fsp3) is 0.406. The van der Waals surface area contributed by atoms with Crippen molar-refractivity contribution < 1.29 is 24.4 Å². The van der Waals surface area contributed by atoms with Gasteiger partial charge in [0.05, 0.1) is 30.6 Å². The molecule has 226 valence electrons. The van der Waals surface area contributed by atoms with E-state index in [0.29, 0.717) is 43.1 Å². The Kier molecular flexibility index (Phi) is 9.83. The van der Waals surface area contributed by atoms with Crippen LogP contribution in [-0.2, 0) is 16.1 Å². The number of nitrogens with zero attached hydrogens (tertiary/aromatic N) is 5. The summed E-state index contributed by atoms with van der Waals surface area (Å²) in [5, 5.41) is 21.9. The molecule has 0 radical (unpaired) electrons. The average Bonchev–Trinajstić information content (AvgIpc) is 3.33. The van der Waals surface area contributed by atoms with Crippen LogP contribution in [-0.4, -0.2) is 76.2 Å². The van der Waals surface area contributed by atoms with Gasteiger partial charge in [0.25, 0.3) is 5.69 Å². The number of carbonyl (C=O) groups excluding carboxylic acids is 1. The number of carboxylic acid groups (broad SMARTS) is 1. The highest BCUT2D eigenvalue weighted by Gasteiger charge is 2.32. The highest BCUT2D eigenvalue weighted by molar-refractivity contribution is 5.77. The summed E-state index contributed by atoms with van der Waals surface area (Å²) in [4.78, 5) is 47.2. The monoisotopic (exact) mass is 587 g/mol. The molecule has 43 heavy (non-hydrogen) atoms. The van der Waals surface area contributed by atoms with Gasteiger partial charge in [-0.1, -0.05) is 43.2 Å². The van der Waals surface area contributed by atoms with E-state index in [1.165, 1.54) is 0 Å². The van der Waals surface area contributed by atoms with Crippen molar-refractivity contribution in [2.75, 3.05) is 44.3 Å². The first kappa shape index (κ1) is 30.0. The maximum atomic E-state index is 13.9. The SMILES string of the molecule is O=C(O)CC(c1cccnc1)N(Cc1cccc(-c2ccc(N3CCCCCC3)c([N+](=O)[O-])c2)c1)C(=O)N1CCOCC1. The highest BCUT2D eigenvalue weighted by atomic mass is 16.6. The van der Waals surface area contributed by atoms with Crippen LogP contribution in [0, 0.1) is 10.1 Å². The molecule has 5 rings (SSSR count). The van der Waals surface area contributed by atoms with Crippen molar-refractivity contribution >= 4 is 23.4 Å². The van der Waals surface area contributed by atoms with Gasteiger partial charge in [0.2, 0.25) is 0 Å². The summed E-state index contributed by atoms with van der Waals surface area (Å²) < 4.78 is 5.43. The molecule has 2 aromatic carbocycles. The van der Waals surface area contributed by atoms with E-state index < -0.39 is 12.0 Å². The van der Waals surface area contributed by atoms with Crippen molar-refractivity contribution in [1.82, 2.24) is 14.8 Å². The molecule has 11 nitrogen and oxygen atoms in total. The maximum absolute atomic E-state index is 13.9. The van der Waals surface area contributed by atoms with Crippen LogP contribution < -0.4 is 4.90 Å². The molecule has 2 aliphatic heterocycles. The standard InChI is InChI=1S/C32H37N5O6/c38-31(39)21-29(27-9-6-12-33-22-27)36(32(40)35-15-17-43-18-16-35)23-24-7-5-8-25(19-24)26-10-11-28(30(20-26)37(41)42)34-13-3-1-2-4-14-34/h5-12,19-20,22,29H,1-4,13-18,21,23H2,(H,38,39). The van der Waals surface area contributed by atoms with Gasteiger partial charge in [-0.05, 0) is 53.3 Å². The lowest BCUT2D eigenvalue weighted by Gasteiger charge is -2.37. The predicted octanol–water partition coefficient (Wildman–Crippen LogP) is 5.51. The molecule has 1 N–H and O–H groups in total. The number of carboxylic acids is 1. The molecular formula is C32H37N5O6. The Bertz CT molecular complexity index is 1420. The molecule has 0 spiro atoms. The van der Waals surface area contributed by atoms with Crippen molar-refractivity contribution in [3.8, 4) is 11.1 Å². The molecule has 0 aliphatic carbocycles. The molecule has 3 aromatic rings. The number of benzene rings is 2. The number of anilines is 1. The van der Waals surface area contributed by atoms with E-state index in [0.717, 1.165) is 49.9 Å². The second-order valence-corrected chi connectivity index (χ2v) is 11.0. The zero-order valence-corrected chi connectivity index (χ0v) is 24.1. The highest BCUT2D eigenvalue weighted by Crippen LogP contribution is 2.35.